The molecule has 1 aliphatic heterocycles. The maximum Gasteiger partial charge on any atom is 0.274 e. The van der Waals surface area contributed by atoms with Crippen LogP contribution in [0.1, 0.15) is 84.5 Å². The van der Waals surface area contributed by atoms with Crippen molar-refractivity contribution >= 4 is 23.1 Å². The summed E-state index contributed by atoms with van der Waals surface area (Å²) in [4.78, 5) is 30.9. The molecule has 1 unspecified atom stereocenters. The van der Waals surface area contributed by atoms with E-state index in [9.17, 15) is 9.59 Å². The van der Waals surface area contributed by atoms with Crippen molar-refractivity contribution in [3.05, 3.63) is 54.5 Å². The number of rotatable bonds is 7. The number of anilines is 1. The molecule has 3 fully saturated rings. The van der Waals surface area contributed by atoms with Crippen LogP contribution < -0.4 is 10.6 Å². The summed E-state index contributed by atoms with van der Waals surface area (Å²) in [7, 11) is 0. The third-order valence-electron chi connectivity index (χ3n) is 7.71. The molecule has 1 saturated heterocycles. The molecule has 11 nitrogen and oxygen atoms in total. The van der Waals surface area contributed by atoms with Crippen LogP contribution in [0.25, 0.3) is 16.8 Å². The Hall–Kier alpha value is -3.99. The van der Waals surface area contributed by atoms with Crippen molar-refractivity contribution in [3.8, 4) is 11.1 Å². The number of fused-ring (bicyclic) bond motifs is 1. The van der Waals surface area contributed by atoms with E-state index in [-0.39, 0.29) is 29.8 Å². The van der Waals surface area contributed by atoms with E-state index in [0.717, 1.165) is 62.7 Å². The minimum Gasteiger partial charge on any atom is -0.357 e. The number of nitrogens with one attached hydrogen (secondary N) is 2. The van der Waals surface area contributed by atoms with E-state index in [1.54, 1.807) is 29.2 Å². The Balaban J connectivity index is 1.15. The highest BCUT2D eigenvalue weighted by atomic mass is 16.5. The molecule has 0 spiro atoms. The molecular formula is C27H30N8O3. The molecule has 5 heterocycles. The summed E-state index contributed by atoms with van der Waals surface area (Å²) < 4.78 is 11.4. The highest BCUT2D eigenvalue weighted by Gasteiger charge is 2.28. The molecule has 0 bridgehead atoms. The Bertz CT molecular complexity index is 1500. The van der Waals surface area contributed by atoms with Crippen LogP contribution in [0.3, 0.4) is 0 Å². The molecule has 3 aliphatic rings. The first-order valence-electron chi connectivity index (χ1n) is 13.5. The molecule has 2 N–H and O–H groups in total. The third-order valence-corrected chi connectivity index (χ3v) is 7.71. The van der Waals surface area contributed by atoms with Gasteiger partial charge in [0.1, 0.15) is 11.9 Å². The van der Waals surface area contributed by atoms with Crippen molar-refractivity contribution in [3.63, 3.8) is 0 Å². The van der Waals surface area contributed by atoms with E-state index < -0.39 is 0 Å². The minimum atomic E-state index is -0.377. The van der Waals surface area contributed by atoms with Gasteiger partial charge in [-0.1, -0.05) is 0 Å². The topological polar surface area (TPSA) is 120 Å². The van der Waals surface area contributed by atoms with Gasteiger partial charge in [-0.3, -0.25) is 9.59 Å². The third kappa shape index (κ3) is 4.36. The number of carbonyl (C=O) groups excluding carboxylic acids is 2. The largest absolute Gasteiger partial charge is 0.357 e. The van der Waals surface area contributed by atoms with Gasteiger partial charge >= 0.3 is 0 Å². The monoisotopic (exact) mass is 514 g/mol. The second-order valence-electron chi connectivity index (χ2n) is 10.5. The highest BCUT2D eigenvalue weighted by Crippen LogP contribution is 2.34. The van der Waals surface area contributed by atoms with Crippen LogP contribution in [-0.4, -0.2) is 53.4 Å². The molecule has 1 atom stereocenters. The van der Waals surface area contributed by atoms with Crippen LogP contribution in [0, 0.1) is 0 Å². The quantitative estimate of drug-likeness (QED) is 0.385. The number of nitrogens with zero attached hydrogens (tertiary/aromatic N) is 6. The predicted molar refractivity (Wildman–Crippen MR) is 139 cm³/mol. The molecule has 0 aromatic carbocycles. The van der Waals surface area contributed by atoms with Gasteiger partial charge in [-0.15, -0.1) is 0 Å². The molecule has 11 heteroatoms. The summed E-state index contributed by atoms with van der Waals surface area (Å²) in [5, 5.41) is 14.9. The first-order valence-corrected chi connectivity index (χ1v) is 13.5. The zero-order valence-corrected chi connectivity index (χ0v) is 21.0. The molecule has 2 aliphatic carbocycles. The van der Waals surface area contributed by atoms with Gasteiger partial charge in [0.25, 0.3) is 11.8 Å². The summed E-state index contributed by atoms with van der Waals surface area (Å²) in [6, 6.07) is 2.24. The molecule has 38 heavy (non-hydrogen) atoms. The zero-order valence-electron chi connectivity index (χ0n) is 21.0. The van der Waals surface area contributed by atoms with Gasteiger partial charge in [0.15, 0.2) is 5.65 Å². The Morgan fingerprint density at radius 3 is 2.61 bits per heavy atom. The van der Waals surface area contributed by atoms with Crippen LogP contribution in [-0.2, 0) is 4.74 Å². The fourth-order valence-electron chi connectivity index (χ4n) is 5.09. The van der Waals surface area contributed by atoms with Crippen molar-refractivity contribution in [2.75, 3.05) is 11.9 Å². The lowest BCUT2D eigenvalue weighted by molar-refractivity contribution is -0.0394. The number of amides is 2. The van der Waals surface area contributed by atoms with Gasteiger partial charge < -0.3 is 19.9 Å². The SMILES string of the molecule is O=C(Nc1cn(C2CCC2)cc1C(=O)NC1CC1)c1ccn2ncc(-c3cnn(C4CCCCO4)c3)c2n1. The molecule has 4 aromatic rings. The van der Waals surface area contributed by atoms with E-state index in [4.69, 9.17) is 4.74 Å². The number of aromatic nitrogens is 6. The standard InChI is InChI=1S/C27H30N8O3/c36-26(30-18-7-8-18)21-15-33(19-4-3-5-19)16-23(21)32-27(37)22-9-10-34-25(31-22)20(13-29-34)17-12-28-35(14-17)24-6-1-2-11-38-24/h9-10,12-16,18-19,24H,1-8,11H2,(H,30,36)(H,32,37). The zero-order chi connectivity index (χ0) is 25.6. The first-order chi connectivity index (χ1) is 18.6. The van der Waals surface area contributed by atoms with E-state index in [0.29, 0.717) is 22.9 Å². The van der Waals surface area contributed by atoms with E-state index >= 15 is 0 Å². The Morgan fingerprint density at radius 1 is 0.947 bits per heavy atom. The molecule has 0 radical (unpaired) electrons. The molecular weight excluding hydrogens is 484 g/mol. The van der Waals surface area contributed by atoms with Gasteiger partial charge in [0.2, 0.25) is 0 Å². The molecule has 2 saturated carbocycles. The number of hydrogen-bond donors (Lipinski definition) is 2. The van der Waals surface area contributed by atoms with Crippen molar-refractivity contribution in [1.82, 2.24) is 34.3 Å². The normalized spacial score (nSPS) is 19.8. The summed E-state index contributed by atoms with van der Waals surface area (Å²) in [6.45, 7) is 0.741. The Labute approximate surface area is 219 Å². The van der Waals surface area contributed by atoms with Gasteiger partial charge in [-0.25, -0.2) is 14.2 Å². The van der Waals surface area contributed by atoms with Crippen molar-refractivity contribution < 1.29 is 14.3 Å². The molecule has 7 rings (SSSR count). The van der Waals surface area contributed by atoms with E-state index in [1.807, 2.05) is 23.3 Å². The van der Waals surface area contributed by atoms with Crippen molar-refractivity contribution in [2.24, 2.45) is 0 Å². The fraction of sp³-hybridized carbons (Fsp3) is 0.444. The van der Waals surface area contributed by atoms with Crippen LogP contribution in [0.2, 0.25) is 0 Å². The second kappa shape index (κ2) is 9.39. The van der Waals surface area contributed by atoms with Crippen molar-refractivity contribution in [2.45, 2.75) is 69.7 Å². The Kier molecular flexibility index (Phi) is 5.72. The maximum atomic E-state index is 13.3. The lowest BCUT2D eigenvalue weighted by atomic mass is 9.93. The van der Waals surface area contributed by atoms with E-state index in [2.05, 4.69) is 30.4 Å². The van der Waals surface area contributed by atoms with Gasteiger partial charge in [0.05, 0.1) is 23.6 Å². The smallest absolute Gasteiger partial charge is 0.274 e. The van der Waals surface area contributed by atoms with Gasteiger partial charge in [-0.05, 0) is 57.4 Å². The van der Waals surface area contributed by atoms with Crippen LogP contribution in [0.15, 0.2) is 43.2 Å². The predicted octanol–water partition coefficient (Wildman–Crippen LogP) is 3.96. The van der Waals surface area contributed by atoms with Crippen LogP contribution in [0.5, 0.6) is 0 Å². The second-order valence-corrected chi connectivity index (χ2v) is 10.5. The van der Waals surface area contributed by atoms with Crippen LogP contribution in [0.4, 0.5) is 5.69 Å². The summed E-state index contributed by atoms with van der Waals surface area (Å²) in [6.07, 6.45) is 19.3. The minimum absolute atomic E-state index is 0.0628. The molecule has 4 aromatic heterocycles. The lowest BCUT2D eigenvalue weighted by Gasteiger charge is -2.26. The Morgan fingerprint density at radius 2 is 1.84 bits per heavy atom. The van der Waals surface area contributed by atoms with Gasteiger partial charge in [-0.2, -0.15) is 10.2 Å². The molecule has 2 amide bonds. The summed E-state index contributed by atoms with van der Waals surface area (Å²) in [5.41, 5.74) is 3.43. The molecule has 196 valence electrons. The fourth-order valence-corrected chi connectivity index (χ4v) is 5.09. The van der Waals surface area contributed by atoms with E-state index in [1.165, 1.54) is 6.42 Å². The summed E-state index contributed by atoms with van der Waals surface area (Å²) in [5.74, 6) is -0.529. The average molecular weight is 515 g/mol. The van der Waals surface area contributed by atoms with Gasteiger partial charge in [0, 0.05) is 54.6 Å². The maximum absolute atomic E-state index is 13.3. The number of hydrogen-bond acceptors (Lipinski definition) is 6. The number of carbonyl (C=O) groups is 2. The average Bonchev–Trinajstić information content (AvgIpc) is 3.28. The van der Waals surface area contributed by atoms with Crippen molar-refractivity contribution in [1.29, 1.82) is 0 Å². The first kappa shape index (κ1) is 23.2. The summed E-state index contributed by atoms with van der Waals surface area (Å²) >= 11 is 0. The number of ether oxygens (including phenoxy) is 1. The highest BCUT2D eigenvalue weighted by molar-refractivity contribution is 6.08. The van der Waals surface area contributed by atoms with Crippen LogP contribution >= 0.6 is 0 Å². The lowest BCUT2D eigenvalue weighted by Crippen LogP contribution is -2.26.